The number of nitrogens with zero attached hydrogens (tertiary/aromatic N) is 1. The summed E-state index contributed by atoms with van der Waals surface area (Å²) in [4.78, 5) is 4.62. The highest BCUT2D eigenvalue weighted by atomic mass is 16.5. The Morgan fingerprint density at radius 1 is 1.22 bits per heavy atom. The van der Waals surface area contributed by atoms with Crippen LogP contribution in [0.5, 0.6) is 0 Å². The molecule has 0 aromatic carbocycles. The van der Waals surface area contributed by atoms with Crippen molar-refractivity contribution in [3.8, 4) is 0 Å². The molecule has 4 nitrogen and oxygen atoms in total. The number of aliphatic imine (C=N–C) groups is 1. The standard InChI is InChI=1S/C14H29N3O/c1-3-15-14(17-11-12-18-2)16-10-9-13-7-5-4-6-8-13/h13H,3-12H2,1-2H3,(H2,15,16,17). The topological polar surface area (TPSA) is 45.7 Å². The Kier molecular flexibility index (Phi) is 8.65. The maximum absolute atomic E-state index is 5.02. The second-order valence-corrected chi connectivity index (χ2v) is 4.97. The molecule has 1 fully saturated rings. The highest BCUT2D eigenvalue weighted by Gasteiger charge is 2.12. The number of rotatable bonds is 7. The number of hydrogen-bond donors (Lipinski definition) is 2. The molecule has 0 unspecified atom stereocenters. The number of nitrogens with one attached hydrogen (secondary N) is 2. The van der Waals surface area contributed by atoms with E-state index in [1.807, 2.05) is 0 Å². The molecule has 2 N–H and O–H groups in total. The first-order chi connectivity index (χ1) is 8.86. The van der Waals surface area contributed by atoms with Gasteiger partial charge in [-0.25, -0.2) is 0 Å². The molecule has 0 heterocycles. The summed E-state index contributed by atoms with van der Waals surface area (Å²) in [6.45, 7) is 5.46. The van der Waals surface area contributed by atoms with Gasteiger partial charge in [-0.3, -0.25) is 4.99 Å². The molecule has 1 aliphatic carbocycles. The smallest absolute Gasteiger partial charge is 0.191 e. The molecule has 0 aromatic rings. The summed E-state index contributed by atoms with van der Waals surface area (Å²) in [5.41, 5.74) is 0. The van der Waals surface area contributed by atoms with Crippen molar-refractivity contribution in [2.75, 3.05) is 33.4 Å². The molecule has 106 valence electrons. The molecule has 0 amide bonds. The van der Waals surface area contributed by atoms with Gasteiger partial charge in [0.2, 0.25) is 0 Å². The SMILES string of the molecule is CCNC(=NCCC1CCCCC1)NCCOC. The maximum atomic E-state index is 5.02. The Hall–Kier alpha value is -0.770. The van der Waals surface area contributed by atoms with Gasteiger partial charge < -0.3 is 15.4 Å². The fraction of sp³-hybridized carbons (Fsp3) is 0.929. The van der Waals surface area contributed by atoms with Crippen molar-refractivity contribution in [3.63, 3.8) is 0 Å². The molecule has 4 heteroatoms. The Morgan fingerprint density at radius 3 is 2.67 bits per heavy atom. The van der Waals surface area contributed by atoms with Crippen LogP contribution in [0, 0.1) is 5.92 Å². The average Bonchev–Trinajstić information content (AvgIpc) is 2.40. The zero-order valence-electron chi connectivity index (χ0n) is 12.0. The minimum atomic E-state index is 0.715. The van der Waals surface area contributed by atoms with E-state index in [9.17, 15) is 0 Å². The lowest BCUT2D eigenvalue weighted by atomic mass is 9.87. The first-order valence-electron chi connectivity index (χ1n) is 7.38. The van der Waals surface area contributed by atoms with Crippen molar-refractivity contribution in [3.05, 3.63) is 0 Å². The Labute approximate surface area is 112 Å². The van der Waals surface area contributed by atoms with Gasteiger partial charge in [0, 0.05) is 26.7 Å². The van der Waals surface area contributed by atoms with Gasteiger partial charge in [0.25, 0.3) is 0 Å². The molecule has 0 atom stereocenters. The molecule has 18 heavy (non-hydrogen) atoms. The van der Waals surface area contributed by atoms with Gasteiger partial charge in [-0.15, -0.1) is 0 Å². The lowest BCUT2D eigenvalue weighted by molar-refractivity contribution is 0.203. The van der Waals surface area contributed by atoms with E-state index in [4.69, 9.17) is 4.74 Å². The molecular formula is C14H29N3O. The molecule has 0 bridgehead atoms. The Morgan fingerprint density at radius 2 is 2.00 bits per heavy atom. The summed E-state index contributed by atoms with van der Waals surface area (Å²) < 4.78 is 5.02. The molecule has 1 aliphatic rings. The van der Waals surface area contributed by atoms with Crippen molar-refractivity contribution >= 4 is 5.96 Å². The van der Waals surface area contributed by atoms with E-state index < -0.39 is 0 Å². The number of ether oxygens (including phenoxy) is 1. The number of hydrogen-bond acceptors (Lipinski definition) is 2. The van der Waals surface area contributed by atoms with Gasteiger partial charge in [-0.2, -0.15) is 0 Å². The van der Waals surface area contributed by atoms with Crippen LogP contribution in [0.1, 0.15) is 45.4 Å². The second kappa shape index (κ2) is 10.2. The minimum Gasteiger partial charge on any atom is -0.383 e. The van der Waals surface area contributed by atoms with Crippen molar-refractivity contribution < 1.29 is 4.74 Å². The van der Waals surface area contributed by atoms with Crippen LogP contribution in [0.4, 0.5) is 0 Å². The molecule has 0 aliphatic heterocycles. The van der Waals surface area contributed by atoms with Crippen molar-refractivity contribution in [1.29, 1.82) is 0 Å². The van der Waals surface area contributed by atoms with Crippen LogP contribution in [0.25, 0.3) is 0 Å². The van der Waals surface area contributed by atoms with Crippen LogP contribution in [0.2, 0.25) is 0 Å². The summed E-state index contributed by atoms with van der Waals surface area (Å²) in [5.74, 6) is 1.83. The molecule has 0 radical (unpaired) electrons. The van der Waals surface area contributed by atoms with Crippen LogP contribution in [0.15, 0.2) is 4.99 Å². The molecule has 1 saturated carbocycles. The summed E-state index contributed by atoms with van der Waals surface area (Å²) in [7, 11) is 1.72. The van der Waals surface area contributed by atoms with E-state index in [0.717, 1.165) is 31.5 Å². The average molecular weight is 255 g/mol. The Bertz CT molecular complexity index is 225. The predicted octanol–water partition coefficient (Wildman–Crippen LogP) is 2.16. The third-order valence-corrected chi connectivity index (χ3v) is 3.47. The highest BCUT2D eigenvalue weighted by molar-refractivity contribution is 5.79. The molecular weight excluding hydrogens is 226 g/mol. The second-order valence-electron chi connectivity index (χ2n) is 4.97. The molecule has 0 spiro atoms. The predicted molar refractivity (Wildman–Crippen MR) is 77.0 cm³/mol. The van der Waals surface area contributed by atoms with Crippen LogP contribution < -0.4 is 10.6 Å². The third kappa shape index (κ3) is 6.84. The normalized spacial score (nSPS) is 17.8. The van der Waals surface area contributed by atoms with E-state index >= 15 is 0 Å². The van der Waals surface area contributed by atoms with Gasteiger partial charge in [0.05, 0.1) is 6.61 Å². The zero-order valence-corrected chi connectivity index (χ0v) is 12.0. The maximum Gasteiger partial charge on any atom is 0.191 e. The highest BCUT2D eigenvalue weighted by Crippen LogP contribution is 2.25. The summed E-state index contributed by atoms with van der Waals surface area (Å²) in [6.07, 6.45) is 8.31. The van der Waals surface area contributed by atoms with Gasteiger partial charge in [0.15, 0.2) is 5.96 Å². The van der Waals surface area contributed by atoms with Crippen molar-refractivity contribution in [1.82, 2.24) is 10.6 Å². The van der Waals surface area contributed by atoms with Crippen molar-refractivity contribution in [2.45, 2.75) is 45.4 Å². The van der Waals surface area contributed by atoms with Crippen LogP contribution >= 0.6 is 0 Å². The van der Waals surface area contributed by atoms with Gasteiger partial charge in [-0.1, -0.05) is 32.1 Å². The van der Waals surface area contributed by atoms with Crippen molar-refractivity contribution in [2.24, 2.45) is 10.9 Å². The fourth-order valence-electron chi connectivity index (χ4n) is 2.45. The molecule has 0 saturated heterocycles. The monoisotopic (exact) mass is 255 g/mol. The molecule has 0 aromatic heterocycles. The number of methoxy groups -OCH3 is 1. The largest absolute Gasteiger partial charge is 0.383 e. The lowest BCUT2D eigenvalue weighted by Crippen LogP contribution is -2.39. The zero-order chi connectivity index (χ0) is 13.1. The number of guanidine groups is 1. The van der Waals surface area contributed by atoms with Gasteiger partial charge >= 0.3 is 0 Å². The van der Waals surface area contributed by atoms with E-state index in [1.54, 1.807) is 7.11 Å². The summed E-state index contributed by atoms with van der Waals surface area (Å²) in [6, 6.07) is 0. The van der Waals surface area contributed by atoms with E-state index in [0.29, 0.717) is 6.61 Å². The third-order valence-electron chi connectivity index (χ3n) is 3.47. The fourth-order valence-corrected chi connectivity index (χ4v) is 2.45. The van der Waals surface area contributed by atoms with Gasteiger partial charge in [-0.05, 0) is 19.3 Å². The first kappa shape index (κ1) is 15.3. The lowest BCUT2D eigenvalue weighted by Gasteiger charge is -2.20. The first-order valence-corrected chi connectivity index (χ1v) is 7.38. The van der Waals surface area contributed by atoms with Crippen LogP contribution in [-0.4, -0.2) is 39.3 Å². The summed E-state index contributed by atoms with van der Waals surface area (Å²) >= 11 is 0. The van der Waals surface area contributed by atoms with E-state index in [2.05, 4.69) is 22.5 Å². The van der Waals surface area contributed by atoms with Crippen LogP contribution in [-0.2, 0) is 4.74 Å². The van der Waals surface area contributed by atoms with E-state index in [1.165, 1.54) is 38.5 Å². The van der Waals surface area contributed by atoms with E-state index in [-0.39, 0.29) is 0 Å². The molecule has 1 rings (SSSR count). The van der Waals surface area contributed by atoms with Gasteiger partial charge in [0.1, 0.15) is 0 Å². The van der Waals surface area contributed by atoms with Crippen LogP contribution in [0.3, 0.4) is 0 Å². The Balaban J connectivity index is 2.20. The quantitative estimate of drug-likeness (QED) is 0.416. The summed E-state index contributed by atoms with van der Waals surface area (Å²) in [5, 5.41) is 6.54. The minimum absolute atomic E-state index is 0.715.